The van der Waals surface area contributed by atoms with E-state index in [4.69, 9.17) is 0 Å². The van der Waals surface area contributed by atoms with E-state index in [0.717, 1.165) is 24.0 Å². The Hall–Kier alpha value is -2.44. The van der Waals surface area contributed by atoms with Crippen molar-refractivity contribution < 1.29 is 13.2 Å². The minimum Gasteiger partial charge on any atom is -0.355 e. The molecule has 0 aromatic heterocycles. The molecule has 0 bridgehead atoms. The maximum atomic E-state index is 12.8. The quantitative estimate of drug-likeness (QED) is 0.815. The van der Waals surface area contributed by atoms with Gasteiger partial charge in [-0.2, -0.15) is 4.31 Å². The van der Waals surface area contributed by atoms with Crippen LogP contribution in [0.25, 0.3) is 6.08 Å². The molecule has 0 saturated heterocycles. The molecule has 0 aliphatic heterocycles. The molecule has 3 rings (SSSR count). The van der Waals surface area contributed by atoms with E-state index >= 15 is 0 Å². The van der Waals surface area contributed by atoms with E-state index in [1.807, 2.05) is 30.3 Å². The van der Waals surface area contributed by atoms with Crippen molar-refractivity contribution in [3.05, 3.63) is 76.7 Å². The van der Waals surface area contributed by atoms with Crippen LogP contribution in [0.4, 0.5) is 0 Å². The van der Waals surface area contributed by atoms with Crippen molar-refractivity contribution in [1.29, 1.82) is 0 Å². The summed E-state index contributed by atoms with van der Waals surface area (Å²) in [5.41, 5.74) is 2.27. The number of rotatable bonds is 7. The van der Waals surface area contributed by atoms with Crippen LogP contribution in [-0.2, 0) is 16.6 Å². The van der Waals surface area contributed by atoms with Crippen molar-refractivity contribution in [3.8, 4) is 0 Å². The van der Waals surface area contributed by atoms with E-state index < -0.39 is 10.0 Å². The lowest BCUT2D eigenvalue weighted by atomic mass is 10.1. The van der Waals surface area contributed by atoms with Crippen molar-refractivity contribution in [2.24, 2.45) is 0 Å². The van der Waals surface area contributed by atoms with Crippen LogP contribution in [0.2, 0.25) is 0 Å². The third-order valence-corrected chi connectivity index (χ3v) is 5.86. The van der Waals surface area contributed by atoms with Crippen LogP contribution in [0.5, 0.6) is 0 Å². The SMILES string of the molecule is CNC(=O)c1ccc(CN(C2CC2)S(=O)(=O)/C=C/c2ccccc2)cc1. The van der Waals surface area contributed by atoms with Crippen LogP contribution in [0.3, 0.4) is 0 Å². The largest absolute Gasteiger partial charge is 0.355 e. The van der Waals surface area contributed by atoms with Crippen molar-refractivity contribution in [3.63, 3.8) is 0 Å². The fraction of sp³-hybridized carbons (Fsp3) is 0.250. The van der Waals surface area contributed by atoms with Crippen LogP contribution >= 0.6 is 0 Å². The number of carbonyl (C=O) groups excluding carboxylic acids is 1. The molecular formula is C20H22N2O3S. The van der Waals surface area contributed by atoms with Crippen molar-refractivity contribution in [2.45, 2.75) is 25.4 Å². The predicted octanol–water partition coefficient (Wildman–Crippen LogP) is 3.01. The smallest absolute Gasteiger partial charge is 0.251 e. The van der Waals surface area contributed by atoms with Crippen molar-refractivity contribution in [1.82, 2.24) is 9.62 Å². The van der Waals surface area contributed by atoms with E-state index in [-0.39, 0.29) is 11.9 Å². The molecule has 0 heterocycles. The molecule has 2 aromatic carbocycles. The van der Waals surface area contributed by atoms with Gasteiger partial charge in [0.25, 0.3) is 5.91 Å². The molecule has 0 spiro atoms. The molecule has 0 unspecified atom stereocenters. The Kier molecular flexibility index (Phi) is 5.54. The Morgan fingerprint density at radius 1 is 1.12 bits per heavy atom. The van der Waals surface area contributed by atoms with Crippen LogP contribution in [0.15, 0.2) is 60.0 Å². The van der Waals surface area contributed by atoms with Gasteiger partial charge in [-0.3, -0.25) is 4.79 Å². The lowest BCUT2D eigenvalue weighted by Crippen LogP contribution is -2.31. The predicted molar refractivity (Wildman–Crippen MR) is 103 cm³/mol. The van der Waals surface area contributed by atoms with Crippen LogP contribution in [0, 0.1) is 0 Å². The Morgan fingerprint density at radius 2 is 1.77 bits per heavy atom. The number of sulfonamides is 1. The Labute approximate surface area is 154 Å². The van der Waals surface area contributed by atoms with E-state index in [1.165, 1.54) is 5.41 Å². The topological polar surface area (TPSA) is 66.5 Å². The molecular weight excluding hydrogens is 348 g/mol. The number of benzene rings is 2. The lowest BCUT2D eigenvalue weighted by molar-refractivity contribution is 0.0963. The molecule has 1 fully saturated rings. The summed E-state index contributed by atoms with van der Waals surface area (Å²) in [5.74, 6) is -0.158. The van der Waals surface area contributed by atoms with Gasteiger partial charge >= 0.3 is 0 Å². The summed E-state index contributed by atoms with van der Waals surface area (Å²) in [4.78, 5) is 11.6. The molecule has 0 atom stereocenters. The van der Waals surface area contributed by atoms with E-state index in [0.29, 0.717) is 12.1 Å². The van der Waals surface area contributed by atoms with Gasteiger partial charge in [-0.15, -0.1) is 0 Å². The van der Waals surface area contributed by atoms with Gasteiger partial charge < -0.3 is 5.32 Å². The lowest BCUT2D eigenvalue weighted by Gasteiger charge is -2.20. The number of nitrogens with zero attached hydrogens (tertiary/aromatic N) is 1. The molecule has 136 valence electrons. The second-order valence-electron chi connectivity index (χ2n) is 6.31. The number of hydrogen-bond acceptors (Lipinski definition) is 3. The highest BCUT2D eigenvalue weighted by atomic mass is 32.2. The summed E-state index contributed by atoms with van der Waals surface area (Å²) in [6, 6.07) is 16.5. The van der Waals surface area contributed by atoms with Gasteiger partial charge in [0.15, 0.2) is 0 Å². The zero-order valence-electron chi connectivity index (χ0n) is 14.6. The first-order valence-corrected chi connectivity index (χ1v) is 10.1. The average molecular weight is 370 g/mol. The number of amides is 1. The minimum absolute atomic E-state index is 0.0547. The number of carbonyl (C=O) groups is 1. The van der Waals surface area contributed by atoms with Gasteiger partial charge in [-0.1, -0.05) is 42.5 Å². The average Bonchev–Trinajstić information content (AvgIpc) is 3.50. The second-order valence-corrected chi connectivity index (χ2v) is 8.08. The van der Waals surface area contributed by atoms with Crippen molar-refractivity contribution >= 4 is 22.0 Å². The maximum absolute atomic E-state index is 12.8. The fourth-order valence-electron chi connectivity index (χ4n) is 2.68. The summed E-state index contributed by atoms with van der Waals surface area (Å²) in [5, 5.41) is 3.85. The number of nitrogens with one attached hydrogen (secondary N) is 1. The third kappa shape index (κ3) is 4.59. The van der Waals surface area contributed by atoms with Gasteiger partial charge in [0.2, 0.25) is 10.0 Å². The van der Waals surface area contributed by atoms with Gasteiger partial charge in [0.05, 0.1) is 0 Å². The summed E-state index contributed by atoms with van der Waals surface area (Å²) >= 11 is 0. The molecule has 1 amide bonds. The first kappa shape index (κ1) is 18.4. The molecule has 6 heteroatoms. The highest BCUT2D eigenvalue weighted by molar-refractivity contribution is 7.92. The molecule has 5 nitrogen and oxygen atoms in total. The van der Waals surface area contributed by atoms with E-state index in [1.54, 1.807) is 41.7 Å². The molecule has 1 aliphatic rings. The standard InChI is InChI=1S/C20H22N2O3S/c1-21-20(23)18-9-7-17(8-10-18)15-22(19-11-12-19)26(24,25)14-13-16-5-3-2-4-6-16/h2-10,13-14,19H,11-12,15H2,1H3,(H,21,23)/b14-13+. The first-order valence-electron chi connectivity index (χ1n) is 8.55. The summed E-state index contributed by atoms with van der Waals surface area (Å²) < 4.78 is 27.1. The minimum atomic E-state index is -3.51. The summed E-state index contributed by atoms with van der Waals surface area (Å²) in [6.07, 6.45) is 3.39. The van der Waals surface area contributed by atoms with Gasteiger partial charge in [0.1, 0.15) is 0 Å². The van der Waals surface area contributed by atoms with Gasteiger partial charge in [-0.25, -0.2) is 8.42 Å². The maximum Gasteiger partial charge on any atom is 0.251 e. The Balaban J connectivity index is 1.76. The normalized spacial score (nSPS) is 14.7. The van der Waals surface area contributed by atoms with Gasteiger partial charge in [0, 0.05) is 30.6 Å². The molecule has 1 aliphatic carbocycles. The zero-order valence-corrected chi connectivity index (χ0v) is 15.4. The summed E-state index contributed by atoms with van der Waals surface area (Å²) in [6.45, 7) is 0.306. The molecule has 26 heavy (non-hydrogen) atoms. The third-order valence-electron chi connectivity index (χ3n) is 4.29. The van der Waals surface area contributed by atoms with E-state index in [2.05, 4.69) is 5.32 Å². The van der Waals surface area contributed by atoms with E-state index in [9.17, 15) is 13.2 Å². The number of hydrogen-bond donors (Lipinski definition) is 1. The molecule has 0 radical (unpaired) electrons. The highest BCUT2D eigenvalue weighted by Crippen LogP contribution is 2.31. The van der Waals surface area contributed by atoms with Crippen molar-refractivity contribution in [2.75, 3.05) is 7.05 Å². The Bertz CT molecular complexity index is 886. The van der Waals surface area contributed by atoms with Crippen LogP contribution in [-0.4, -0.2) is 31.7 Å². The molecule has 1 N–H and O–H groups in total. The van der Waals surface area contributed by atoms with Crippen LogP contribution < -0.4 is 5.32 Å². The summed E-state index contributed by atoms with van der Waals surface area (Å²) in [7, 11) is -1.93. The van der Waals surface area contributed by atoms with Gasteiger partial charge in [-0.05, 0) is 42.2 Å². The Morgan fingerprint density at radius 3 is 2.35 bits per heavy atom. The molecule has 1 saturated carbocycles. The first-order chi connectivity index (χ1) is 12.5. The van der Waals surface area contributed by atoms with Crippen LogP contribution in [0.1, 0.15) is 34.3 Å². The monoisotopic (exact) mass is 370 g/mol. The highest BCUT2D eigenvalue weighted by Gasteiger charge is 2.35. The fourth-order valence-corrected chi connectivity index (χ4v) is 4.12. The second kappa shape index (κ2) is 7.85. The molecule has 2 aromatic rings. The zero-order chi connectivity index (χ0) is 18.6.